The van der Waals surface area contributed by atoms with Gasteiger partial charge in [-0.15, -0.1) is 0 Å². The van der Waals surface area contributed by atoms with E-state index in [2.05, 4.69) is 33.9 Å². The average Bonchev–Trinajstić information content (AvgIpc) is 3.03. The van der Waals surface area contributed by atoms with Gasteiger partial charge in [-0.2, -0.15) is 0 Å². The molecule has 2 aliphatic heterocycles. The zero-order valence-corrected chi connectivity index (χ0v) is 20.8. The first-order valence-electron chi connectivity index (χ1n) is 10.7. The Morgan fingerprint density at radius 2 is 1.73 bits per heavy atom. The van der Waals surface area contributed by atoms with Crippen LogP contribution >= 0.6 is 0 Å². The average molecular weight is 435 g/mol. The second kappa shape index (κ2) is 7.43. The van der Waals surface area contributed by atoms with Crippen molar-refractivity contribution in [2.45, 2.75) is 90.3 Å². The molecule has 0 bridgehead atoms. The van der Waals surface area contributed by atoms with Gasteiger partial charge in [0.15, 0.2) is 8.32 Å². The maximum Gasteiger partial charge on any atom is 0.494 e. The lowest BCUT2D eigenvalue weighted by atomic mass is 9.79. The Kier molecular flexibility index (Phi) is 5.81. The molecule has 2 fully saturated rings. The fourth-order valence-electron chi connectivity index (χ4n) is 3.40. The van der Waals surface area contributed by atoms with Crippen molar-refractivity contribution in [1.82, 2.24) is 0 Å². The summed E-state index contributed by atoms with van der Waals surface area (Å²) in [5, 5.41) is 0.0104. The lowest BCUT2D eigenvalue weighted by Gasteiger charge is -2.37. The first-order chi connectivity index (χ1) is 13.6. The van der Waals surface area contributed by atoms with Gasteiger partial charge in [-0.05, 0) is 69.8 Å². The van der Waals surface area contributed by atoms with Gasteiger partial charge in [0.05, 0.1) is 16.9 Å². The van der Waals surface area contributed by atoms with Crippen LogP contribution < -0.4 is 10.4 Å². The van der Waals surface area contributed by atoms with E-state index in [-0.39, 0.29) is 16.6 Å². The topological polar surface area (TPSA) is 48.0 Å². The van der Waals surface area contributed by atoms with Crippen LogP contribution in [0.4, 0.5) is 10.1 Å². The zero-order valence-electron chi connectivity index (χ0n) is 19.8. The van der Waals surface area contributed by atoms with E-state index in [9.17, 15) is 4.79 Å². The van der Waals surface area contributed by atoms with Crippen molar-refractivity contribution in [3.8, 4) is 0 Å². The van der Waals surface area contributed by atoms with Gasteiger partial charge in [0.2, 0.25) is 0 Å². The third-order valence-electron chi connectivity index (χ3n) is 7.19. The molecule has 0 unspecified atom stereocenters. The number of carbonyl (C=O) groups is 1. The number of halogens is 1. The van der Waals surface area contributed by atoms with Crippen LogP contribution in [-0.4, -0.2) is 45.2 Å². The van der Waals surface area contributed by atoms with E-state index in [1.54, 1.807) is 12.1 Å². The standard InChI is InChI=1S/C22H35BFNO4Si/c1-20(2,3)30(8,9)27-18-12-13-25(19(18)26)17-11-10-15(14-16(17)24)23-28-21(4,5)22(6,7)29-23/h10-11,14,18H,12-13H2,1-9H3/t18-/m0/s1. The van der Waals surface area contributed by atoms with Crippen LogP contribution in [0.5, 0.6) is 0 Å². The van der Waals surface area contributed by atoms with E-state index in [4.69, 9.17) is 13.7 Å². The summed E-state index contributed by atoms with van der Waals surface area (Å²) in [6.45, 7) is 19.0. The molecule has 5 nitrogen and oxygen atoms in total. The Hall–Kier alpha value is -1.22. The van der Waals surface area contributed by atoms with E-state index in [1.807, 2.05) is 27.7 Å². The predicted molar refractivity (Wildman–Crippen MR) is 121 cm³/mol. The third-order valence-corrected chi connectivity index (χ3v) is 11.7. The van der Waals surface area contributed by atoms with Crippen molar-refractivity contribution < 1.29 is 22.9 Å². The van der Waals surface area contributed by atoms with E-state index in [0.717, 1.165) is 0 Å². The Bertz CT molecular complexity index is 821. The van der Waals surface area contributed by atoms with Gasteiger partial charge in [-0.3, -0.25) is 4.79 Å². The lowest BCUT2D eigenvalue weighted by Crippen LogP contribution is -2.46. The number of hydrogen-bond donors (Lipinski definition) is 0. The van der Waals surface area contributed by atoms with Gasteiger partial charge in [0.25, 0.3) is 5.91 Å². The number of hydrogen-bond acceptors (Lipinski definition) is 4. The van der Waals surface area contributed by atoms with E-state index < -0.39 is 38.6 Å². The molecule has 0 N–H and O–H groups in total. The van der Waals surface area contributed by atoms with Crippen molar-refractivity contribution in [2.24, 2.45) is 0 Å². The molecule has 0 aliphatic carbocycles. The molecule has 1 atom stereocenters. The zero-order chi connectivity index (χ0) is 22.7. The number of carbonyl (C=O) groups excluding carboxylic acids is 1. The molecule has 2 saturated heterocycles. The van der Waals surface area contributed by atoms with Crippen LogP contribution in [-0.2, 0) is 18.5 Å². The minimum absolute atomic E-state index is 0.0104. The molecule has 30 heavy (non-hydrogen) atoms. The van der Waals surface area contributed by atoms with Gasteiger partial charge < -0.3 is 18.6 Å². The molecule has 0 spiro atoms. The van der Waals surface area contributed by atoms with Crippen molar-refractivity contribution in [1.29, 1.82) is 0 Å². The normalized spacial score (nSPS) is 24.1. The summed E-state index contributed by atoms with van der Waals surface area (Å²) < 4.78 is 33.4. The van der Waals surface area contributed by atoms with E-state index >= 15 is 4.39 Å². The molecular formula is C22H35BFNO4Si. The van der Waals surface area contributed by atoms with E-state index in [0.29, 0.717) is 18.4 Å². The van der Waals surface area contributed by atoms with Crippen LogP contribution in [0.25, 0.3) is 0 Å². The lowest BCUT2D eigenvalue weighted by molar-refractivity contribution is -0.123. The van der Waals surface area contributed by atoms with Crippen LogP contribution in [0, 0.1) is 5.82 Å². The van der Waals surface area contributed by atoms with Crippen molar-refractivity contribution in [3.63, 3.8) is 0 Å². The van der Waals surface area contributed by atoms with Crippen LogP contribution in [0.2, 0.25) is 18.1 Å². The quantitative estimate of drug-likeness (QED) is 0.664. The molecule has 2 aliphatic rings. The monoisotopic (exact) mass is 435 g/mol. The smallest absolute Gasteiger partial charge is 0.405 e. The summed E-state index contributed by atoms with van der Waals surface area (Å²) >= 11 is 0. The highest BCUT2D eigenvalue weighted by atomic mass is 28.4. The number of amides is 1. The van der Waals surface area contributed by atoms with Gasteiger partial charge in [-0.25, -0.2) is 4.39 Å². The Morgan fingerprint density at radius 3 is 2.23 bits per heavy atom. The fourth-order valence-corrected chi connectivity index (χ4v) is 4.69. The largest absolute Gasteiger partial charge is 0.494 e. The van der Waals surface area contributed by atoms with Gasteiger partial charge in [0, 0.05) is 6.54 Å². The first kappa shape index (κ1) is 23.4. The summed E-state index contributed by atoms with van der Waals surface area (Å²) in [7, 11) is -2.72. The Balaban J connectivity index is 1.76. The van der Waals surface area contributed by atoms with Crippen LogP contribution in [0.1, 0.15) is 54.9 Å². The molecule has 166 valence electrons. The van der Waals surface area contributed by atoms with Crippen molar-refractivity contribution in [3.05, 3.63) is 24.0 Å². The minimum Gasteiger partial charge on any atom is -0.405 e. The van der Waals surface area contributed by atoms with E-state index in [1.165, 1.54) is 11.0 Å². The number of anilines is 1. The fraction of sp³-hybridized carbons (Fsp3) is 0.682. The summed E-state index contributed by atoms with van der Waals surface area (Å²) in [6.07, 6.45) is 0.0668. The highest BCUT2D eigenvalue weighted by molar-refractivity contribution is 6.74. The van der Waals surface area contributed by atoms with Crippen LogP contribution in [0.3, 0.4) is 0 Å². The summed E-state index contributed by atoms with van der Waals surface area (Å²) in [6, 6.07) is 4.82. The van der Waals surface area contributed by atoms with Gasteiger partial charge >= 0.3 is 7.12 Å². The van der Waals surface area contributed by atoms with Gasteiger partial charge in [-0.1, -0.05) is 26.8 Å². The molecule has 0 aromatic heterocycles. The Morgan fingerprint density at radius 1 is 1.17 bits per heavy atom. The first-order valence-corrected chi connectivity index (χ1v) is 13.6. The van der Waals surface area contributed by atoms with Gasteiger partial charge in [0.1, 0.15) is 11.9 Å². The SMILES string of the molecule is CC1(C)OB(c2ccc(N3CC[C@H](O[Si](C)(C)C(C)(C)C)C3=O)c(F)c2)OC1(C)C. The van der Waals surface area contributed by atoms with Crippen molar-refractivity contribution >= 4 is 32.5 Å². The minimum atomic E-state index is -2.08. The number of benzene rings is 1. The third kappa shape index (κ3) is 4.11. The molecule has 1 aromatic rings. The molecular weight excluding hydrogens is 400 g/mol. The second-order valence-electron chi connectivity index (χ2n) is 10.9. The molecule has 8 heteroatoms. The summed E-state index contributed by atoms with van der Waals surface area (Å²) in [5.74, 6) is -0.620. The summed E-state index contributed by atoms with van der Waals surface area (Å²) in [5.41, 5.74) is -0.102. The van der Waals surface area contributed by atoms with Crippen molar-refractivity contribution in [2.75, 3.05) is 11.4 Å². The maximum absolute atomic E-state index is 15.0. The molecule has 0 radical (unpaired) electrons. The molecule has 1 aromatic carbocycles. The number of nitrogens with zero attached hydrogens (tertiary/aromatic N) is 1. The second-order valence-corrected chi connectivity index (χ2v) is 15.7. The molecule has 2 heterocycles. The molecule has 3 rings (SSSR count). The number of rotatable bonds is 4. The summed E-state index contributed by atoms with van der Waals surface area (Å²) in [4.78, 5) is 14.5. The van der Waals surface area contributed by atoms with Crippen LogP contribution in [0.15, 0.2) is 18.2 Å². The molecule has 0 saturated carbocycles. The Labute approximate surface area is 181 Å². The predicted octanol–water partition coefficient (Wildman–Crippen LogP) is 4.25. The highest BCUT2D eigenvalue weighted by Crippen LogP contribution is 2.39. The molecule has 1 amide bonds. The highest BCUT2D eigenvalue weighted by Gasteiger charge is 2.52. The maximum atomic E-state index is 15.0.